The van der Waals surface area contributed by atoms with Crippen molar-refractivity contribution in [1.82, 2.24) is 0 Å². The van der Waals surface area contributed by atoms with Crippen LogP contribution in [-0.4, -0.2) is 18.7 Å². The quantitative estimate of drug-likeness (QED) is 0.841. The Morgan fingerprint density at radius 2 is 1.63 bits per heavy atom. The van der Waals surface area contributed by atoms with Gasteiger partial charge >= 0.3 is 0 Å². The second-order valence-electron chi connectivity index (χ2n) is 4.58. The molecule has 1 atom stereocenters. The van der Waals surface area contributed by atoms with Crippen molar-refractivity contribution in [3.05, 3.63) is 66.2 Å². The average Bonchev–Trinajstić information content (AvgIpc) is 2.82. The van der Waals surface area contributed by atoms with Gasteiger partial charge in [-0.05, 0) is 17.7 Å². The Labute approximate surface area is 112 Å². The normalized spacial score (nSPS) is 18.8. The van der Waals surface area contributed by atoms with E-state index in [1.54, 1.807) is 4.90 Å². The first kappa shape index (κ1) is 11.9. The third-order valence-electron chi connectivity index (χ3n) is 3.28. The lowest BCUT2D eigenvalue weighted by Crippen LogP contribution is -2.30. The Morgan fingerprint density at radius 1 is 1.00 bits per heavy atom. The van der Waals surface area contributed by atoms with Crippen LogP contribution in [0.15, 0.2) is 60.7 Å². The van der Waals surface area contributed by atoms with Crippen LogP contribution in [0, 0.1) is 0 Å². The lowest BCUT2D eigenvalue weighted by molar-refractivity contribution is -0.122. The van der Waals surface area contributed by atoms with Gasteiger partial charge in [0.2, 0.25) is 0 Å². The van der Waals surface area contributed by atoms with Crippen molar-refractivity contribution in [1.29, 1.82) is 0 Å². The molecule has 0 N–H and O–H groups in total. The van der Waals surface area contributed by atoms with Crippen LogP contribution in [0.1, 0.15) is 5.56 Å². The standard InChI is InChI=1S/C16H15NO2/c18-16-15(11-13-7-3-1-4-8-13)19-12-17(16)14-9-5-2-6-10-14/h1-10,15H,11-12H2. The number of ether oxygens (including phenoxy) is 1. The highest BCUT2D eigenvalue weighted by molar-refractivity contribution is 5.98. The molecule has 1 saturated heterocycles. The topological polar surface area (TPSA) is 29.5 Å². The van der Waals surface area contributed by atoms with E-state index in [1.807, 2.05) is 60.7 Å². The zero-order valence-corrected chi connectivity index (χ0v) is 10.5. The van der Waals surface area contributed by atoms with Crippen molar-refractivity contribution in [2.75, 3.05) is 11.6 Å². The molecule has 0 aromatic heterocycles. The van der Waals surface area contributed by atoms with E-state index < -0.39 is 0 Å². The molecule has 1 unspecified atom stereocenters. The number of benzene rings is 2. The van der Waals surface area contributed by atoms with Gasteiger partial charge < -0.3 is 4.74 Å². The molecule has 2 aromatic carbocycles. The molecule has 1 aliphatic rings. The van der Waals surface area contributed by atoms with Gasteiger partial charge in [-0.3, -0.25) is 9.69 Å². The minimum absolute atomic E-state index is 0.0371. The van der Waals surface area contributed by atoms with Gasteiger partial charge in [0.05, 0.1) is 0 Å². The molecule has 1 amide bonds. The predicted molar refractivity (Wildman–Crippen MR) is 73.8 cm³/mol. The summed E-state index contributed by atoms with van der Waals surface area (Å²) in [6.45, 7) is 0.334. The monoisotopic (exact) mass is 253 g/mol. The molecule has 96 valence electrons. The predicted octanol–water partition coefficient (Wildman–Crippen LogP) is 2.62. The van der Waals surface area contributed by atoms with Crippen LogP contribution in [0.4, 0.5) is 5.69 Å². The van der Waals surface area contributed by atoms with Gasteiger partial charge in [0.25, 0.3) is 5.91 Å². The number of rotatable bonds is 3. The number of carbonyl (C=O) groups is 1. The molecule has 0 aliphatic carbocycles. The molecule has 0 saturated carbocycles. The van der Waals surface area contributed by atoms with Crippen LogP contribution in [0.3, 0.4) is 0 Å². The van der Waals surface area contributed by atoms with Crippen LogP contribution in [0.2, 0.25) is 0 Å². The van der Waals surface area contributed by atoms with Crippen molar-refractivity contribution in [2.45, 2.75) is 12.5 Å². The number of carbonyl (C=O) groups excluding carboxylic acids is 1. The molecule has 0 spiro atoms. The maximum absolute atomic E-state index is 12.3. The lowest BCUT2D eigenvalue weighted by atomic mass is 10.1. The minimum Gasteiger partial charge on any atom is -0.347 e. The summed E-state index contributed by atoms with van der Waals surface area (Å²) in [5.41, 5.74) is 2.01. The number of hydrogen-bond donors (Lipinski definition) is 0. The molecule has 0 radical (unpaired) electrons. The highest BCUT2D eigenvalue weighted by Crippen LogP contribution is 2.22. The van der Waals surface area contributed by atoms with Crippen molar-refractivity contribution in [3.8, 4) is 0 Å². The van der Waals surface area contributed by atoms with Gasteiger partial charge in [-0.1, -0.05) is 48.5 Å². The Balaban J connectivity index is 1.73. The third kappa shape index (κ3) is 2.51. The van der Waals surface area contributed by atoms with Gasteiger partial charge in [-0.2, -0.15) is 0 Å². The first-order chi connectivity index (χ1) is 9.34. The van der Waals surface area contributed by atoms with Gasteiger partial charge in [0, 0.05) is 12.1 Å². The van der Waals surface area contributed by atoms with Crippen LogP contribution >= 0.6 is 0 Å². The van der Waals surface area contributed by atoms with E-state index in [2.05, 4.69) is 0 Å². The molecular formula is C16H15NO2. The fraction of sp³-hybridized carbons (Fsp3) is 0.188. The van der Waals surface area contributed by atoms with Crippen molar-refractivity contribution >= 4 is 11.6 Å². The summed E-state index contributed by atoms with van der Waals surface area (Å²) in [6, 6.07) is 19.6. The fourth-order valence-corrected chi connectivity index (χ4v) is 2.26. The zero-order chi connectivity index (χ0) is 13.1. The summed E-state index contributed by atoms with van der Waals surface area (Å²) in [4.78, 5) is 14.0. The summed E-state index contributed by atoms with van der Waals surface area (Å²) < 4.78 is 5.61. The van der Waals surface area contributed by atoms with E-state index in [4.69, 9.17) is 4.74 Å². The summed E-state index contributed by atoms with van der Waals surface area (Å²) in [7, 11) is 0. The van der Waals surface area contributed by atoms with Gasteiger partial charge in [-0.15, -0.1) is 0 Å². The van der Waals surface area contributed by atoms with Crippen LogP contribution in [0.5, 0.6) is 0 Å². The number of para-hydroxylation sites is 1. The largest absolute Gasteiger partial charge is 0.347 e. The first-order valence-electron chi connectivity index (χ1n) is 6.36. The number of nitrogens with zero attached hydrogens (tertiary/aromatic N) is 1. The lowest BCUT2D eigenvalue weighted by Gasteiger charge is -2.14. The molecule has 3 rings (SSSR count). The van der Waals surface area contributed by atoms with Crippen molar-refractivity contribution in [2.24, 2.45) is 0 Å². The smallest absolute Gasteiger partial charge is 0.258 e. The second-order valence-corrected chi connectivity index (χ2v) is 4.58. The van der Waals surface area contributed by atoms with Crippen molar-refractivity contribution in [3.63, 3.8) is 0 Å². The Morgan fingerprint density at radius 3 is 2.32 bits per heavy atom. The molecule has 2 aromatic rings. The summed E-state index contributed by atoms with van der Waals surface area (Å²) in [6.07, 6.45) is 0.255. The highest BCUT2D eigenvalue weighted by atomic mass is 16.5. The maximum atomic E-state index is 12.3. The van der Waals surface area contributed by atoms with Crippen LogP contribution in [0.25, 0.3) is 0 Å². The van der Waals surface area contributed by atoms with E-state index in [-0.39, 0.29) is 12.0 Å². The molecule has 19 heavy (non-hydrogen) atoms. The Kier molecular flexibility index (Phi) is 3.29. The highest BCUT2D eigenvalue weighted by Gasteiger charge is 2.33. The van der Waals surface area contributed by atoms with Crippen LogP contribution < -0.4 is 4.90 Å². The molecule has 1 heterocycles. The summed E-state index contributed by atoms with van der Waals surface area (Å²) in [5.74, 6) is 0.0371. The van der Waals surface area contributed by atoms with Crippen molar-refractivity contribution < 1.29 is 9.53 Å². The molecule has 3 nitrogen and oxygen atoms in total. The second kappa shape index (κ2) is 5.24. The maximum Gasteiger partial charge on any atom is 0.258 e. The van der Waals surface area contributed by atoms with Crippen LogP contribution in [-0.2, 0) is 16.0 Å². The van der Waals surface area contributed by atoms with E-state index in [0.29, 0.717) is 13.2 Å². The van der Waals surface area contributed by atoms with E-state index in [0.717, 1.165) is 11.3 Å². The Hall–Kier alpha value is -2.13. The van der Waals surface area contributed by atoms with E-state index in [1.165, 1.54) is 0 Å². The SMILES string of the molecule is O=C1C(Cc2ccccc2)OCN1c1ccccc1. The summed E-state index contributed by atoms with van der Waals surface area (Å²) >= 11 is 0. The van der Waals surface area contributed by atoms with Gasteiger partial charge in [0.15, 0.2) is 0 Å². The Bertz CT molecular complexity index is 553. The first-order valence-corrected chi connectivity index (χ1v) is 6.36. The third-order valence-corrected chi connectivity index (χ3v) is 3.28. The molecule has 0 bridgehead atoms. The van der Waals surface area contributed by atoms with Gasteiger partial charge in [-0.25, -0.2) is 0 Å². The number of amides is 1. The van der Waals surface area contributed by atoms with Gasteiger partial charge in [0.1, 0.15) is 12.8 Å². The zero-order valence-electron chi connectivity index (χ0n) is 10.5. The molecule has 1 fully saturated rings. The fourth-order valence-electron chi connectivity index (χ4n) is 2.26. The summed E-state index contributed by atoms with van der Waals surface area (Å²) in [5, 5.41) is 0. The van der Waals surface area contributed by atoms with E-state index in [9.17, 15) is 4.79 Å². The van der Waals surface area contributed by atoms with E-state index >= 15 is 0 Å². The number of anilines is 1. The average molecular weight is 253 g/mol. The molecular weight excluding hydrogens is 238 g/mol. The minimum atomic E-state index is -0.373. The number of hydrogen-bond acceptors (Lipinski definition) is 2. The molecule has 1 aliphatic heterocycles. The molecule has 3 heteroatoms.